The Morgan fingerprint density at radius 1 is 1.19 bits per heavy atom. The standard InChI is InChI=1S/C16H19NO3S/c1-16(2,3)10-6-11(12-9-21-14(8-18)17-12)15(20-5)13(7-10)19-4/h6-9H,1-5H3. The Kier molecular flexibility index (Phi) is 4.32. The van der Waals surface area contributed by atoms with Crippen molar-refractivity contribution in [3.8, 4) is 22.8 Å². The van der Waals surface area contributed by atoms with Crippen molar-refractivity contribution < 1.29 is 14.3 Å². The molecule has 1 heterocycles. The molecule has 0 radical (unpaired) electrons. The number of carbonyl (C=O) groups is 1. The van der Waals surface area contributed by atoms with E-state index in [2.05, 4.69) is 25.8 Å². The highest BCUT2D eigenvalue weighted by molar-refractivity contribution is 7.11. The van der Waals surface area contributed by atoms with E-state index in [4.69, 9.17) is 9.47 Å². The van der Waals surface area contributed by atoms with Gasteiger partial charge in [-0.15, -0.1) is 11.3 Å². The van der Waals surface area contributed by atoms with Gasteiger partial charge in [-0.3, -0.25) is 4.79 Å². The molecule has 0 atom stereocenters. The number of benzene rings is 1. The first-order valence-electron chi connectivity index (χ1n) is 6.58. The summed E-state index contributed by atoms with van der Waals surface area (Å²) in [6, 6.07) is 4.03. The van der Waals surface area contributed by atoms with Crippen molar-refractivity contribution in [1.29, 1.82) is 0 Å². The molecular formula is C16H19NO3S. The van der Waals surface area contributed by atoms with Crippen molar-refractivity contribution in [3.63, 3.8) is 0 Å². The zero-order valence-corrected chi connectivity index (χ0v) is 13.7. The van der Waals surface area contributed by atoms with E-state index in [-0.39, 0.29) is 5.41 Å². The summed E-state index contributed by atoms with van der Waals surface area (Å²) in [6.45, 7) is 6.40. The molecule has 112 valence electrons. The van der Waals surface area contributed by atoms with Gasteiger partial charge in [-0.2, -0.15) is 0 Å². The number of methoxy groups -OCH3 is 2. The predicted octanol–water partition coefficient (Wildman–Crippen LogP) is 3.94. The lowest BCUT2D eigenvalue weighted by Crippen LogP contribution is -2.12. The lowest BCUT2D eigenvalue weighted by molar-refractivity contribution is 0.112. The van der Waals surface area contributed by atoms with Crippen LogP contribution in [0.2, 0.25) is 0 Å². The van der Waals surface area contributed by atoms with E-state index in [1.54, 1.807) is 14.2 Å². The number of nitrogens with zero attached hydrogens (tertiary/aromatic N) is 1. The van der Waals surface area contributed by atoms with Gasteiger partial charge >= 0.3 is 0 Å². The van der Waals surface area contributed by atoms with E-state index in [0.717, 1.165) is 23.1 Å². The smallest absolute Gasteiger partial charge is 0.178 e. The van der Waals surface area contributed by atoms with E-state index in [0.29, 0.717) is 16.5 Å². The van der Waals surface area contributed by atoms with Crippen LogP contribution in [0, 0.1) is 0 Å². The molecule has 0 unspecified atom stereocenters. The van der Waals surface area contributed by atoms with Gasteiger partial charge in [0.2, 0.25) is 0 Å². The summed E-state index contributed by atoms with van der Waals surface area (Å²) in [5, 5.41) is 2.31. The third-order valence-corrected chi connectivity index (χ3v) is 4.01. The fourth-order valence-electron chi connectivity index (χ4n) is 2.05. The number of aldehydes is 1. The van der Waals surface area contributed by atoms with Gasteiger partial charge in [0.25, 0.3) is 0 Å². The summed E-state index contributed by atoms with van der Waals surface area (Å²) in [4.78, 5) is 15.2. The number of ether oxygens (including phenoxy) is 2. The lowest BCUT2D eigenvalue weighted by Gasteiger charge is -2.22. The van der Waals surface area contributed by atoms with Crippen LogP contribution >= 0.6 is 11.3 Å². The zero-order valence-electron chi connectivity index (χ0n) is 12.9. The molecule has 0 aliphatic carbocycles. The van der Waals surface area contributed by atoms with Gasteiger partial charge in [-0.1, -0.05) is 20.8 Å². The summed E-state index contributed by atoms with van der Waals surface area (Å²) in [5.41, 5.74) is 2.66. The minimum absolute atomic E-state index is 0.0299. The minimum Gasteiger partial charge on any atom is -0.493 e. The van der Waals surface area contributed by atoms with Gasteiger partial charge < -0.3 is 9.47 Å². The molecule has 0 bridgehead atoms. The molecule has 4 nitrogen and oxygen atoms in total. The molecule has 0 spiro atoms. The number of hydrogen-bond acceptors (Lipinski definition) is 5. The maximum atomic E-state index is 10.8. The molecule has 0 amide bonds. The highest BCUT2D eigenvalue weighted by Crippen LogP contribution is 2.42. The number of aromatic nitrogens is 1. The van der Waals surface area contributed by atoms with Crippen LogP contribution in [-0.2, 0) is 5.41 Å². The van der Waals surface area contributed by atoms with E-state index in [1.165, 1.54) is 11.3 Å². The van der Waals surface area contributed by atoms with Gasteiger partial charge in [0.1, 0.15) is 0 Å². The molecule has 0 N–H and O–H groups in total. The average Bonchev–Trinajstić information content (AvgIpc) is 2.93. The molecule has 2 rings (SSSR count). The Balaban J connectivity index is 2.69. The highest BCUT2D eigenvalue weighted by Gasteiger charge is 2.22. The molecule has 0 saturated heterocycles. The van der Waals surface area contributed by atoms with Crippen molar-refractivity contribution in [2.45, 2.75) is 26.2 Å². The summed E-state index contributed by atoms with van der Waals surface area (Å²) in [5.74, 6) is 1.30. The maximum absolute atomic E-state index is 10.8. The molecular weight excluding hydrogens is 286 g/mol. The normalized spacial score (nSPS) is 11.3. The predicted molar refractivity (Wildman–Crippen MR) is 84.7 cm³/mol. The Labute approximate surface area is 128 Å². The van der Waals surface area contributed by atoms with Gasteiger partial charge in [0.15, 0.2) is 22.8 Å². The van der Waals surface area contributed by atoms with Crippen LogP contribution in [0.5, 0.6) is 11.5 Å². The van der Waals surface area contributed by atoms with Crippen molar-refractivity contribution in [1.82, 2.24) is 4.98 Å². The minimum atomic E-state index is -0.0299. The van der Waals surface area contributed by atoms with Crippen LogP contribution in [-0.4, -0.2) is 25.5 Å². The van der Waals surface area contributed by atoms with Gasteiger partial charge in [0, 0.05) is 10.9 Å². The van der Waals surface area contributed by atoms with Crippen molar-refractivity contribution in [2.75, 3.05) is 14.2 Å². The van der Waals surface area contributed by atoms with E-state index in [1.807, 2.05) is 17.5 Å². The third-order valence-electron chi connectivity index (χ3n) is 3.24. The number of thiazole rings is 1. The average molecular weight is 305 g/mol. The zero-order chi connectivity index (χ0) is 15.6. The Bertz CT molecular complexity index is 656. The number of hydrogen-bond donors (Lipinski definition) is 0. The second-order valence-corrected chi connectivity index (χ2v) is 6.59. The fourth-order valence-corrected chi connectivity index (χ4v) is 2.67. The summed E-state index contributed by atoms with van der Waals surface area (Å²) >= 11 is 1.31. The molecule has 0 aliphatic rings. The van der Waals surface area contributed by atoms with Crippen LogP contribution < -0.4 is 9.47 Å². The van der Waals surface area contributed by atoms with E-state index >= 15 is 0 Å². The van der Waals surface area contributed by atoms with Gasteiger partial charge in [-0.25, -0.2) is 4.98 Å². The molecule has 21 heavy (non-hydrogen) atoms. The van der Waals surface area contributed by atoms with Crippen LogP contribution in [0.3, 0.4) is 0 Å². The largest absolute Gasteiger partial charge is 0.493 e. The molecule has 0 aliphatic heterocycles. The van der Waals surface area contributed by atoms with Crippen molar-refractivity contribution in [2.24, 2.45) is 0 Å². The molecule has 1 aromatic heterocycles. The Morgan fingerprint density at radius 2 is 1.90 bits per heavy atom. The van der Waals surface area contributed by atoms with Crippen molar-refractivity contribution in [3.05, 3.63) is 28.1 Å². The van der Waals surface area contributed by atoms with Gasteiger partial charge in [0.05, 0.1) is 19.9 Å². The third kappa shape index (κ3) is 3.08. The molecule has 1 aromatic carbocycles. The SMILES string of the molecule is COc1cc(C(C)(C)C)cc(-c2csc(C=O)n2)c1OC. The van der Waals surface area contributed by atoms with Gasteiger partial charge in [-0.05, 0) is 23.1 Å². The monoisotopic (exact) mass is 305 g/mol. The second kappa shape index (κ2) is 5.85. The molecule has 0 fully saturated rings. The first-order chi connectivity index (χ1) is 9.90. The topological polar surface area (TPSA) is 48.4 Å². The van der Waals surface area contributed by atoms with Crippen molar-refractivity contribution >= 4 is 17.6 Å². The summed E-state index contributed by atoms with van der Waals surface area (Å²) in [7, 11) is 3.22. The number of rotatable bonds is 4. The quantitative estimate of drug-likeness (QED) is 0.803. The number of carbonyl (C=O) groups excluding carboxylic acids is 1. The summed E-state index contributed by atoms with van der Waals surface area (Å²) in [6.07, 6.45) is 0.755. The van der Waals surface area contributed by atoms with E-state index < -0.39 is 0 Å². The van der Waals surface area contributed by atoms with Crippen LogP contribution in [0.1, 0.15) is 36.1 Å². The van der Waals surface area contributed by atoms with Crippen LogP contribution in [0.15, 0.2) is 17.5 Å². The summed E-state index contributed by atoms with van der Waals surface area (Å²) < 4.78 is 10.9. The molecule has 0 saturated carbocycles. The Morgan fingerprint density at radius 3 is 2.38 bits per heavy atom. The highest BCUT2D eigenvalue weighted by atomic mass is 32.1. The van der Waals surface area contributed by atoms with Crippen LogP contribution in [0.25, 0.3) is 11.3 Å². The molecule has 5 heteroatoms. The first-order valence-corrected chi connectivity index (χ1v) is 7.46. The maximum Gasteiger partial charge on any atom is 0.178 e. The lowest BCUT2D eigenvalue weighted by atomic mass is 9.85. The fraction of sp³-hybridized carbons (Fsp3) is 0.375. The van der Waals surface area contributed by atoms with Crippen LogP contribution in [0.4, 0.5) is 0 Å². The van der Waals surface area contributed by atoms with E-state index in [9.17, 15) is 4.79 Å². The Hall–Kier alpha value is -1.88. The molecule has 2 aromatic rings. The second-order valence-electron chi connectivity index (χ2n) is 5.70. The first kappa shape index (κ1) is 15.5.